The molecule has 0 aliphatic heterocycles. The van der Waals surface area contributed by atoms with Crippen molar-refractivity contribution in [2.45, 2.75) is 94.5 Å². The van der Waals surface area contributed by atoms with Crippen molar-refractivity contribution in [3.63, 3.8) is 0 Å². The highest BCUT2D eigenvalue weighted by molar-refractivity contribution is 7.93. The zero-order valence-electron chi connectivity index (χ0n) is 23.1. The van der Waals surface area contributed by atoms with Crippen LogP contribution in [0.4, 0.5) is 0 Å². The molecule has 3 aliphatic rings. The van der Waals surface area contributed by atoms with Gasteiger partial charge >= 0.3 is 5.97 Å². The number of rotatable bonds is 6. The lowest BCUT2D eigenvalue weighted by Gasteiger charge is -2.50. The third-order valence-corrected chi connectivity index (χ3v) is 17.7. The Labute approximate surface area is 217 Å². The molecular formula is C28H42O6SSi. The van der Waals surface area contributed by atoms with Gasteiger partial charge in [0.1, 0.15) is 5.78 Å². The van der Waals surface area contributed by atoms with Gasteiger partial charge in [0.05, 0.1) is 27.6 Å². The molecule has 5 atom stereocenters. The van der Waals surface area contributed by atoms with Crippen LogP contribution in [0.2, 0.25) is 18.1 Å². The Morgan fingerprint density at radius 3 is 2.28 bits per heavy atom. The van der Waals surface area contributed by atoms with E-state index < -0.39 is 45.1 Å². The Kier molecular flexibility index (Phi) is 6.30. The van der Waals surface area contributed by atoms with Gasteiger partial charge in [-0.2, -0.15) is 0 Å². The predicted molar refractivity (Wildman–Crippen MR) is 142 cm³/mol. The quantitative estimate of drug-likeness (QED) is 0.350. The minimum atomic E-state index is -4.03. The molecule has 4 rings (SSSR count). The molecule has 0 heterocycles. The maximum absolute atomic E-state index is 14.8. The van der Waals surface area contributed by atoms with Gasteiger partial charge in [-0.25, -0.2) is 8.42 Å². The minimum absolute atomic E-state index is 0.0279. The first-order valence-electron chi connectivity index (χ1n) is 13.0. The van der Waals surface area contributed by atoms with E-state index in [2.05, 4.69) is 40.8 Å². The zero-order chi connectivity index (χ0) is 27.0. The predicted octanol–water partition coefficient (Wildman–Crippen LogP) is 5.57. The van der Waals surface area contributed by atoms with Crippen molar-refractivity contribution in [2.24, 2.45) is 22.2 Å². The van der Waals surface area contributed by atoms with Crippen LogP contribution in [-0.4, -0.2) is 47.0 Å². The standard InChI is InChI=1S/C28H42O6SSi/c1-24(2,3)36(7,8)34-19-27-22(29)14-15-26(27,5)17-20-16-25(4,23(30)33-6)18-28(20,27)35(31,32)21-12-10-9-11-13-21/h9-13,20H,14-19H2,1-8H3/t20-,25-,26-,27-,28+/m0/s1. The number of carbonyl (C=O) groups is 2. The van der Waals surface area contributed by atoms with Crippen LogP contribution in [0.3, 0.4) is 0 Å². The molecule has 0 aromatic heterocycles. The summed E-state index contributed by atoms with van der Waals surface area (Å²) in [5.74, 6) is -0.781. The Hall–Kier alpha value is -1.51. The maximum atomic E-state index is 14.8. The minimum Gasteiger partial charge on any atom is -0.469 e. The van der Waals surface area contributed by atoms with E-state index in [1.54, 1.807) is 37.3 Å². The number of methoxy groups -OCH3 is 1. The largest absolute Gasteiger partial charge is 0.469 e. The van der Waals surface area contributed by atoms with Gasteiger partial charge in [-0.05, 0) is 74.2 Å². The van der Waals surface area contributed by atoms with Gasteiger partial charge in [0.2, 0.25) is 0 Å². The van der Waals surface area contributed by atoms with E-state index in [4.69, 9.17) is 9.16 Å². The molecule has 6 nitrogen and oxygen atoms in total. The Balaban J connectivity index is 1.99. The van der Waals surface area contributed by atoms with E-state index >= 15 is 0 Å². The first kappa shape index (κ1) is 27.5. The molecule has 0 N–H and O–H groups in total. The van der Waals surface area contributed by atoms with Crippen molar-refractivity contribution in [2.75, 3.05) is 13.7 Å². The smallest absolute Gasteiger partial charge is 0.311 e. The molecule has 0 radical (unpaired) electrons. The van der Waals surface area contributed by atoms with Gasteiger partial charge in [-0.15, -0.1) is 0 Å². The molecule has 3 fully saturated rings. The number of Topliss-reactive ketones (excluding diaryl/α,β-unsaturated/α-hetero) is 1. The average Bonchev–Trinajstić information content (AvgIpc) is 3.31. The Morgan fingerprint density at radius 1 is 1.11 bits per heavy atom. The number of hydrogen-bond donors (Lipinski definition) is 0. The summed E-state index contributed by atoms with van der Waals surface area (Å²) in [6.45, 7) is 14.7. The highest BCUT2D eigenvalue weighted by Gasteiger charge is 2.83. The van der Waals surface area contributed by atoms with Crippen LogP contribution in [0.5, 0.6) is 0 Å². The summed E-state index contributed by atoms with van der Waals surface area (Å²) in [6.07, 6.45) is 2.01. The molecule has 1 aromatic carbocycles. The molecule has 3 saturated carbocycles. The van der Waals surface area contributed by atoms with Gasteiger partial charge in [-0.3, -0.25) is 9.59 Å². The van der Waals surface area contributed by atoms with Gasteiger partial charge in [0, 0.05) is 13.0 Å². The van der Waals surface area contributed by atoms with Crippen LogP contribution >= 0.6 is 0 Å². The van der Waals surface area contributed by atoms with E-state index in [9.17, 15) is 18.0 Å². The van der Waals surface area contributed by atoms with Gasteiger partial charge in [-0.1, -0.05) is 45.9 Å². The summed E-state index contributed by atoms with van der Waals surface area (Å²) in [4.78, 5) is 27.4. The second-order valence-electron chi connectivity index (χ2n) is 13.5. The number of esters is 1. The van der Waals surface area contributed by atoms with Crippen LogP contribution in [0.1, 0.15) is 66.7 Å². The third kappa shape index (κ3) is 3.39. The van der Waals surface area contributed by atoms with E-state index in [0.717, 1.165) is 0 Å². The highest BCUT2D eigenvalue weighted by Crippen LogP contribution is 2.76. The number of carbonyl (C=O) groups excluding carboxylic acids is 2. The normalized spacial score (nSPS) is 36.6. The van der Waals surface area contributed by atoms with Crippen molar-refractivity contribution in [3.8, 4) is 0 Å². The summed E-state index contributed by atoms with van der Waals surface area (Å²) in [5, 5.41) is -0.0959. The average molecular weight is 535 g/mol. The summed E-state index contributed by atoms with van der Waals surface area (Å²) in [7, 11) is -5.00. The van der Waals surface area contributed by atoms with Crippen molar-refractivity contribution in [1.29, 1.82) is 0 Å². The monoisotopic (exact) mass is 534 g/mol. The molecule has 0 amide bonds. The molecule has 1 aromatic rings. The van der Waals surface area contributed by atoms with Gasteiger partial charge in [0.15, 0.2) is 18.2 Å². The van der Waals surface area contributed by atoms with Crippen molar-refractivity contribution in [3.05, 3.63) is 30.3 Å². The fraction of sp³-hybridized carbons (Fsp3) is 0.714. The number of ether oxygens (including phenoxy) is 1. The highest BCUT2D eigenvalue weighted by atomic mass is 32.2. The zero-order valence-corrected chi connectivity index (χ0v) is 24.9. The Morgan fingerprint density at radius 2 is 1.72 bits per heavy atom. The lowest BCUT2D eigenvalue weighted by molar-refractivity contribution is -0.152. The van der Waals surface area contributed by atoms with Crippen molar-refractivity contribution in [1.82, 2.24) is 0 Å². The Bertz CT molecular complexity index is 1170. The van der Waals surface area contributed by atoms with Crippen LogP contribution < -0.4 is 0 Å². The lowest BCUT2D eigenvalue weighted by atomic mass is 9.63. The van der Waals surface area contributed by atoms with Crippen LogP contribution in [-0.2, 0) is 28.6 Å². The topological polar surface area (TPSA) is 86.7 Å². The third-order valence-electron chi connectivity index (χ3n) is 10.5. The van der Waals surface area contributed by atoms with E-state index in [0.29, 0.717) is 25.7 Å². The fourth-order valence-corrected chi connectivity index (χ4v) is 11.5. The molecule has 36 heavy (non-hydrogen) atoms. The number of fused-ring (bicyclic) bond motifs is 3. The van der Waals surface area contributed by atoms with E-state index in [1.807, 2.05) is 0 Å². The number of ketones is 1. The molecule has 0 spiro atoms. The fourth-order valence-electron chi connectivity index (χ4n) is 7.60. The van der Waals surface area contributed by atoms with Gasteiger partial charge in [0.25, 0.3) is 0 Å². The number of benzene rings is 1. The van der Waals surface area contributed by atoms with Crippen molar-refractivity contribution < 1.29 is 27.2 Å². The SMILES string of the molecule is COC(=O)[C@@]1(C)C[C@H]2C[C@]3(C)CCC(=O)[C@]3(CO[Si](C)(C)C(C)(C)C)[C@@]2(S(=O)(=O)c2ccccc2)C1. The van der Waals surface area contributed by atoms with Gasteiger partial charge < -0.3 is 9.16 Å². The summed E-state index contributed by atoms with van der Waals surface area (Å²) in [5.41, 5.74) is -2.73. The second kappa shape index (κ2) is 8.24. The molecule has 200 valence electrons. The second-order valence-corrected chi connectivity index (χ2v) is 20.5. The first-order chi connectivity index (χ1) is 16.4. The van der Waals surface area contributed by atoms with Crippen LogP contribution in [0, 0.1) is 22.2 Å². The first-order valence-corrected chi connectivity index (χ1v) is 17.4. The lowest BCUT2D eigenvalue weighted by Crippen LogP contribution is -2.62. The van der Waals surface area contributed by atoms with E-state index in [1.165, 1.54) is 7.11 Å². The molecule has 0 bridgehead atoms. The van der Waals surface area contributed by atoms with E-state index in [-0.39, 0.29) is 34.7 Å². The molecular weight excluding hydrogens is 492 g/mol. The molecule has 8 heteroatoms. The van der Waals surface area contributed by atoms with Crippen molar-refractivity contribution >= 4 is 29.9 Å². The summed E-state index contributed by atoms with van der Waals surface area (Å²) < 4.78 is 40.2. The van der Waals surface area contributed by atoms with Crippen LogP contribution in [0.25, 0.3) is 0 Å². The number of hydrogen-bond acceptors (Lipinski definition) is 6. The maximum Gasteiger partial charge on any atom is 0.311 e. The summed E-state index contributed by atoms with van der Waals surface area (Å²) >= 11 is 0. The molecule has 0 saturated heterocycles. The van der Waals surface area contributed by atoms with Crippen LogP contribution in [0.15, 0.2) is 35.2 Å². The summed E-state index contributed by atoms with van der Waals surface area (Å²) in [6, 6.07) is 8.46. The molecule has 0 unspecified atom stereocenters. The molecule has 3 aliphatic carbocycles. The number of sulfone groups is 1.